The van der Waals surface area contributed by atoms with Crippen LogP contribution in [-0.4, -0.2) is 84.8 Å². The van der Waals surface area contributed by atoms with Crippen molar-refractivity contribution in [2.75, 3.05) is 40.4 Å². The summed E-state index contributed by atoms with van der Waals surface area (Å²) >= 11 is 0. The maximum atomic E-state index is 12.7. The zero-order valence-corrected chi connectivity index (χ0v) is 16.5. The predicted octanol–water partition coefficient (Wildman–Crippen LogP) is -0.623. The molecule has 0 radical (unpaired) electrons. The fourth-order valence-electron chi connectivity index (χ4n) is 2.78. The first-order chi connectivity index (χ1) is 14.0. The van der Waals surface area contributed by atoms with Crippen molar-refractivity contribution in [3.63, 3.8) is 0 Å². The third-order valence-electron chi connectivity index (χ3n) is 4.31. The van der Waals surface area contributed by atoms with Crippen molar-refractivity contribution in [3.8, 4) is 0 Å². The van der Waals surface area contributed by atoms with E-state index in [0.29, 0.717) is 31.7 Å². The molecule has 1 aliphatic rings. The number of carbonyl (C=O) groups is 2. The van der Waals surface area contributed by atoms with Gasteiger partial charge in [0.1, 0.15) is 12.2 Å². The SMILES string of the molecule is COC(=CNCC(=O)O)N=Cc1nnc(C(=O)N2CCC(OC)C2)cc1CCN. The van der Waals surface area contributed by atoms with E-state index in [1.54, 1.807) is 18.1 Å². The summed E-state index contributed by atoms with van der Waals surface area (Å²) in [5, 5.41) is 19.4. The molecule has 1 unspecified atom stereocenters. The lowest BCUT2D eigenvalue weighted by atomic mass is 10.1. The van der Waals surface area contributed by atoms with Crippen LogP contribution < -0.4 is 11.1 Å². The molecule has 11 nitrogen and oxygen atoms in total. The molecule has 1 aromatic heterocycles. The van der Waals surface area contributed by atoms with Gasteiger partial charge in [0.15, 0.2) is 5.69 Å². The fourth-order valence-corrected chi connectivity index (χ4v) is 2.78. The Bertz CT molecular complexity index is 782. The van der Waals surface area contributed by atoms with E-state index in [9.17, 15) is 9.59 Å². The smallest absolute Gasteiger partial charge is 0.322 e. The molecule has 0 aromatic carbocycles. The molecule has 4 N–H and O–H groups in total. The molecule has 1 fully saturated rings. The van der Waals surface area contributed by atoms with Gasteiger partial charge in [-0.15, -0.1) is 10.2 Å². The minimum atomic E-state index is -1.01. The summed E-state index contributed by atoms with van der Waals surface area (Å²) in [5.74, 6) is -1.05. The van der Waals surface area contributed by atoms with E-state index in [0.717, 1.165) is 12.0 Å². The number of hydrogen-bond acceptors (Lipinski definition) is 9. The van der Waals surface area contributed by atoms with Crippen LogP contribution in [0.2, 0.25) is 0 Å². The number of nitrogens with one attached hydrogen (secondary N) is 1. The number of carboxylic acid groups (broad SMARTS) is 1. The Balaban J connectivity index is 2.16. The Morgan fingerprint density at radius 3 is 2.86 bits per heavy atom. The van der Waals surface area contributed by atoms with Crippen molar-refractivity contribution < 1.29 is 24.2 Å². The molecule has 158 valence electrons. The number of rotatable bonds is 10. The Morgan fingerprint density at radius 2 is 2.24 bits per heavy atom. The summed E-state index contributed by atoms with van der Waals surface area (Å²) in [7, 11) is 3.04. The molecule has 2 rings (SSSR count). The van der Waals surface area contributed by atoms with E-state index < -0.39 is 5.97 Å². The van der Waals surface area contributed by atoms with Gasteiger partial charge in [-0.1, -0.05) is 0 Å². The quantitative estimate of drug-likeness (QED) is 0.341. The lowest BCUT2D eigenvalue weighted by Gasteiger charge is -2.16. The molecule has 0 saturated carbocycles. The standard InChI is InChI=1S/C18H26N6O5/c1-28-13-4-6-24(11-13)18(27)14-7-12(3-5-19)15(23-22-14)8-21-16(29-2)9-20-10-17(25)26/h7-9,13,20H,3-6,10-11,19H2,1-2H3,(H,25,26). The summed E-state index contributed by atoms with van der Waals surface area (Å²) in [6.07, 6.45) is 4.08. The number of aromatic nitrogens is 2. The fraction of sp³-hybridized carbons (Fsp3) is 0.500. The lowest BCUT2D eigenvalue weighted by molar-refractivity contribution is -0.135. The number of nitrogens with zero attached hydrogens (tertiary/aromatic N) is 4. The van der Waals surface area contributed by atoms with Gasteiger partial charge in [0.25, 0.3) is 5.91 Å². The molecule has 1 amide bonds. The largest absolute Gasteiger partial charge is 0.480 e. The van der Waals surface area contributed by atoms with Crippen molar-refractivity contribution in [1.29, 1.82) is 0 Å². The van der Waals surface area contributed by atoms with Crippen molar-refractivity contribution >= 4 is 18.1 Å². The Hall–Kier alpha value is -3.05. The molecular formula is C18H26N6O5. The third-order valence-corrected chi connectivity index (χ3v) is 4.31. The molecule has 1 aromatic rings. The Kier molecular flexibility index (Phi) is 8.49. The number of methoxy groups -OCH3 is 2. The molecular weight excluding hydrogens is 380 g/mol. The van der Waals surface area contributed by atoms with Gasteiger partial charge in [-0.05, 0) is 31.0 Å². The van der Waals surface area contributed by atoms with Crippen LogP contribution >= 0.6 is 0 Å². The highest BCUT2D eigenvalue weighted by Crippen LogP contribution is 2.16. The van der Waals surface area contributed by atoms with Crippen LogP contribution in [0.4, 0.5) is 0 Å². The second-order valence-corrected chi connectivity index (χ2v) is 6.30. The highest BCUT2D eigenvalue weighted by molar-refractivity contribution is 5.93. The van der Waals surface area contributed by atoms with Gasteiger partial charge < -0.3 is 30.5 Å². The van der Waals surface area contributed by atoms with E-state index in [2.05, 4.69) is 20.5 Å². The molecule has 29 heavy (non-hydrogen) atoms. The van der Waals surface area contributed by atoms with Crippen LogP contribution in [0.1, 0.15) is 28.2 Å². The first kappa shape index (κ1) is 22.2. The van der Waals surface area contributed by atoms with Gasteiger partial charge >= 0.3 is 5.97 Å². The van der Waals surface area contributed by atoms with Crippen LogP contribution in [0.3, 0.4) is 0 Å². The van der Waals surface area contributed by atoms with Crippen LogP contribution in [0.15, 0.2) is 23.1 Å². The number of carbonyl (C=O) groups excluding carboxylic acids is 1. The summed E-state index contributed by atoms with van der Waals surface area (Å²) in [4.78, 5) is 29.0. The number of aliphatic carboxylic acids is 1. The maximum absolute atomic E-state index is 12.7. The highest BCUT2D eigenvalue weighted by atomic mass is 16.5. The highest BCUT2D eigenvalue weighted by Gasteiger charge is 2.28. The summed E-state index contributed by atoms with van der Waals surface area (Å²) in [6.45, 7) is 1.23. The summed E-state index contributed by atoms with van der Waals surface area (Å²) in [6, 6.07) is 1.67. The summed E-state index contributed by atoms with van der Waals surface area (Å²) < 4.78 is 10.4. The lowest BCUT2D eigenvalue weighted by Crippen LogP contribution is -2.31. The Morgan fingerprint density at radius 1 is 1.45 bits per heavy atom. The monoisotopic (exact) mass is 406 g/mol. The number of likely N-dealkylation sites (tertiary alicyclic amines) is 1. The zero-order valence-electron chi connectivity index (χ0n) is 16.5. The van der Waals surface area contributed by atoms with E-state index in [4.69, 9.17) is 20.3 Å². The normalized spacial score (nSPS) is 17.0. The topological polar surface area (TPSA) is 152 Å². The minimum Gasteiger partial charge on any atom is -0.480 e. The van der Waals surface area contributed by atoms with Crippen LogP contribution in [0.5, 0.6) is 0 Å². The maximum Gasteiger partial charge on any atom is 0.322 e. The second-order valence-electron chi connectivity index (χ2n) is 6.30. The van der Waals surface area contributed by atoms with Crippen molar-refractivity contribution in [2.45, 2.75) is 18.9 Å². The number of amides is 1. The molecule has 0 spiro atoms. The van der Waals surface area contributed by atoms with Crippen LogP contribution in [-0.2, 0) is 20.7 Å². The molecule has 0 bridgehead atoms. The molecule has 1 atom stereocenters. The van der Waals surface area contributed by atoms with E-state index in [-0.39, 0.29) is 30.1 Å². The zero-order chi connectivity index (χ0) is 21.2. The minimum absolute atomic E-state index is 0.0378. The number of ether oxygens (including phenoxy) is 2. The van der Waals surface area contributed by atoms with E-state index >= 15 is 0 Å². The second kappa shape index (κ2) is 11.1. The first-order valence-electron chi connectivity index (χ1n) is 9.10. The van der Waals surface area contributed by atoms with Crippen molar-refractivity contribution in [3.05, 3.63) is 35.1 Å². The number of carboxylic acids is 1. The third kappa shape index (κ3) is 6.50. The first-order valence-corrected chi connectivity index (χ1v) is 9.10. The number of aliphatic imine (C=N–C) groups is 1. The van der Waals surface area contributed by atoms with Gasteiger partial charge in [-0.2, -0.15) is 0 Å². The van der Waals surface area contributed by atoms with Gasteiger partial charge in [0, 0.05) is 20.2 Å². The molecule has 1 aliphatic heterocycles. The van der Waals surface area contributed by atoms with Gasteiger partial charge in [0.2, 0.25) is 5.88 Å². The van der Waals surface area contributed by atoms with Gasteiger partial charge in [-0.3, -0.25) is 9.59 Å². The van der Waals surface area contributed by atoms with Gasteiger partial charge in [-0.25, -0.2) is 4.99 Å². The molecule has 2 heterocycles. The van der Waals surface area contributed by atoms with Crippen molar-refractivity contribution in [1.82, 2.24) is 20.4 Å². The molecule has 11 heteroatoms. The predicted molar refractivity (Wildman–Crippen MR) is 104 cm³/mol. The van der Waals surface area contributed by atoms with E-state index in [1.165, 1.54) is 19.5 Å². The van der Waals surface area contributed by atoms with Gasteiger partial charge in [0.05, 0.1) is 25.6 Å². The van der Waals surface area contributed by atoms with Crippen molar-refractivity contribution in [2.24, 2.45) is 10.7 Å². The summed E-state index contributed by atoms with van der Waals surface area (Å²) in [5.41, 5.74) is 7.10. The van der Waals surface area contributed by atoms with Crippen LogP contribution in [0, 0.1) is 0 Å². The Labute approximate surface area is 168 Å². The average Bonchev–Trinajstić information content (AvgIpc) is 3.20. The van der Waals surface area contributed by atoms with E-state index in [1.807, 2.05) is 0 Å². The number of nitrogens with two attached hydrogens (primary N) is 1. The molecule has 0 aliphatic carbocycles. The average molecular weight is 406 g/mol. The van der Waals surface area contributed by atoms with Crippen LogP contribution in [0.25, 0.3) is 0 Å². The number of hydrogen-bond donors (Lipinski definition) is 3. The molecule has 1 saturated heterocycles.